The van der Waals surface area contributed by atoms with Gasteiger partial charge in [0.15, 0.2) is 12.6 Å². The van der Waals surface area contributed by atoms with Crippen LogP contribution >= 0.6 is 0 Å². The van der Waals surface area contributed by atoms with Crippen molar-refractivity contribution in [1.82, 2.24) is 9.80 Å². The summed E-state index contributed by atoms with van der Waals surface area (Å²) < 4.78 is 0. The number of imide groups is 1. The van der Waals surface area contributed by atoms with Crippen molar-refractivity contribution < 1.29 is 29.4 Å². The monoisotopic (exact) mass is 246 g/mol. The van der Waals surface area contributed by atoms with E-state index in [-0.39, 0.29) is 12.6 Å². The summed E-state index contributed by atoms with van der Waals surface area (Å²) >= 11 is 0. The van der Waals surface area contributed by atoms with Crippen molar-refractivity contribution in [2.24, 2.45) is 0 Å². The Morgan fingerprint density at radius 2 is 1.59 bits per heavy atom. The highest BCUT2D eigenvalue weighted by Crippen LogP contribution is 2.25. The number of rotatable bonds is 3. The van der Waals surface area contributed by atoms with E-state index in [1.807, 2.05) is 0 Å². The average Bonchev–Trinajstić information content (AvgIpc) is 2.46. The number of amides is 3. The van der Waals surface area contributed by atoms with Crippen molar-refractivity contribution in [2.75, 3.05) is 13.5 Å². The Kier molecular flexibility index (Phi) is 5.42. The average molecular weight is 246 g/mol. The first-order valence-electron chi connectivity index (χ1n) is 4.62. The minimum Gasteiger partial charge on any atom is -0.376 e. The number of aliphatic hydroxyl groups excluding tert-OH is 2. The Morgan fingerprint density at radius 1 is 1.12 bits per heavy atom. The number of hydrogen-bond acceptors (Lipinski definition) is 6. The molecule has 0 aromatic carbocycles. The van der Waals surface area contributed by atoms with Crippen molar-refractivity contribution in [3.63, 3.8) is 0 Å². The van der Waals surface area contributed by atoms with E-state index in [9.17, 15) is 9.59 Å². The molecule has 0 bridgehead atoms. The second kappa shape index (κ2) is 6.06. The molecule has 2 N–H and O–H groups in total. The number of carbonyl (C=O) groups is 4. The number of aldehydes is 2. The van der Waals surface area contributed by atoms with Gasteiger partial charge in [-0.3, -0.25) is 19.3 Å². The lowest BCUT2D eigenvalue weighted by Crippen LogP contribution is -2.44. The van der Waals surface area contributed by atoms with E-state index in [1.54, 1.807) is 0 Å². The van der Waals surface area contributed by atoms with E-state index in [4.69, 9.17) is 19.8 Å². The molecular weight excluding hydrogens is 232 g/mol. The Labute approximate surface area is 97.4 Å². The highest BCUT2D eigenvalue weighted by Gasteiger charge is 2.50. The van der Waals surface area contributed by atoms with E-state index >= 15 is 0 Å². The summed E-state index contributed by atoms with van der Waals surface area (Å²) in [6, 6.07) is -0.667. The van der Waals surface area contributed by atoms with Crippen molar-refractivity contribution in [1.29, 1.82) is 0 Å². The predicted octanol–water partition coefficient (Wildman–Crippen LogP) is -1.69. The summed E-state index contributed by atoms with van der Waals surface area (Å²) in [4.78, 5) is 42.0. The molecule has 3 amide bonds. The first-order valence-corrected chi connectivity index (χ1v) is 4.62. The third-order valence-electron chi connectivity index (χ3n) is 2.24. The molecule has 0 spiro atoms. The van der Waals surface area contributed by atoms with Gasteiger partial charge in [-0.2, -0.15) is 0 Å². The van der Waals surface area contributed by atoms with Crippen LogP contribution in [0.3, 0.4) is 0 Å². The first kappa shape index (κ1) is 15.2. The Morgan fingerprint density at radius 3 is 1.76 bits per heavy atom. The molecule has 0 unspecified atom stereocenters. The summed E-state index contributed by atoms with van der Waals surface area (Å²) in [5.41, 5.74) is -1.07. The van der Waals surface area contributed by atoms with E-state index in [0.717, 1.165) is 4.90 Å². The van der Waals surface area contributed by atoms with Gasteiger partial charge in [0.25, 0.3) is 5.91 Å². The van der Waals surface area contributed by atoms with Crippen LogP contribution in [0.5, 0.6) is 0 Å². The molecule has 8 heteroatoms. The van der Waals surface area contributed by atoms with Crippen molar-refractivity contribution in [3.8, 4) is 0 Å². The lowest BCUT2D eigenvalue weighted by molar-refractivity contribution is -0.134. The van der Waals surface area contributed by atoms with Gasteiger partial charge in [-0.05, 0) is 13.8 Å². The summed E-state index contributed by atoms with van der Waals surface area (Å²) in [5, 5.41) is 17.6. The van der Waals surface area contributed by atoms with Crippen molar-refractivity contribution in [3.05, 3.63) is 0 Å². The number of hydrogen-bond donors (Lipinski definition) is 2. The molecule has 1 heterocycles. The van der Waals surface area contributed by atoms with Crippen LogP contribution in [0.25, 0.3) is 0 Å². The molecule has 1 rings (SSSR count). The molecule has 0 aliphatic carbocycles. The molecule has 8 nitrogen and oxygen atoms in total. The molecule has 0 saturated carbocycles. The summed E-state index contributed by atoms with van der Waals surface area (Å²) in [6.45, 7) is 1.84. The maximum Gasteiger partial charge on any atom is 0.331 e. The lowest BCUT2D eigenvalue weighted by atomic mass is 10.1. The van der Waals surface area contributed by atoms with Gasteiger partial charge < -0.3 is 10.2 Å². The Balaban J connectivity index is 0.000000557. The SMILES string of the molecule is CC1(C)C(=O)N(CO)C(=O)N1CO.O=CC=O. The van der Waals surface area contributed by atoms with E-state index < -0.39 is 30.9 Å². The molecule has 0 aromatic heterocycles. The van der Waals surface area contributed by atoms with E-state index in [1.165, 1.54) is 13.8 Å². The van der Waals surface area contributed by atoms with Crippen LogP contribution in [0.1, 0.15) is 13.8 Å². The molecule has 1 aliphatic rings. The van der Waals surface area contributed by atoms with Gasteiger partial charge in [-0.1, -0.05) is 0 Å². The summed E-state index contributed by atoms with van der Waals surface area (Å²) in [6.07, 6.45) is 0.389. The number of urea groups is 1. The molecule has 1 saturated heterocycles. The fraction of sp³-hybridized carbons (Fsp3) is 0.556. The van der Waals surface area contributed by atoms with Gasteiger partial charge in [0.05, 0.1) is 0 Å². The molecule has 0 atom stereocenters. The van der Waals surface area contributed by atoms with Crippen LogP contribution in [-0.2, 0) is 14.4 Å². The molecular formula is C9H14N2O6. The fourth-order valence-corrected chi connectivity index (χ4v) is 1.28. The minimum absolute atomic E-state index is 0.194. The van der Waals surface area contributed by atoms with Gasteiger partial charge in [-0.15, -0.1) is 0 Å². The highest BCUT2D eigenvalue weighted by molar-refractivity contribution is 6.09. The maximum absolute atomic E-state index is 11.4. The molecule has 0 radical (unpaired) electrons. The van der Waals surface area contributed by atoms with Gasteiger partial charge in [-0.25, -0.2) is 9.69 Å². The quantitative estimate of drug-likeness (QED) is 0.349. The standard InChI is InChI=1S/C7H12N2O4.C2H2O2/c1-7(2)5(12)8(3-10)6(13)9(7)4-11;3-1-2-4/h10-11H,3-4H2,1-2H3;1-2H. The summed E-state index contributed by atoms with van der Waals surface area (Å²) in [5.74, 6) is -0.506. The highest BCUT2D eigenvalue weighted by atomic mass is 16.3. The second-order valence-corrected chi connectivity index (χ2v) is 3.56. The largest absolute Gasteiger partial charge is 0.376 e. The molecule has 96 valence electrons. The lowest BCUT2D eigenvalue weighted by Gasteiger charge is -2.24. The van der Waals surface area contributed by atoms with Gasteiger partial charge in [0.2, 0.25) is 0 Å². The Hall–Kier alpha value is -1.80. The summed E-state index contributed by atoms with van der Waals surface area (Å²) in [7, 11) is 0. The topological polar surface area (TPSA) is 115 Å². The first-order chi connectivity index (χ1) is 7.88. The van der Waals surface area contributed by atoms with Gasteiger partial charge in [0, 0.05) is 0 Å². The zero-order chi connectivity index (χ0) is 13.6. The van der Waals surface area contributed by atoms with Crippen molar-refractivity contribution in [2.45, 2.75) is 19.4 Å². The van der Waals surface area contributed by atoms with Gasteiger partial charge >= 0.3 is 6.03 Å². The van der Waals surface area contributed by atoms with Crippen LogP contribution < -0.4 is 0 Å². The molecule has 17 heavy (non-hydrogen) atoms. The number of carbonyl (C=O) groups excluding carboxylic acids is 4. The Bertz CT molecular complexity index is 321. The fourth-order valence-electron chi connectivity index (χ4n) is 1.28. The third-order valence-corrected chi connectivity index (χ3v) is 2.24. The minimum atomic E-state index is -1.07. The maximum atomic E-state index is 11.4. The normalized spacial score (nSPS) is 17.6. The second-order valence-electron chi connectivity index (χ2n) is 3.56. The molecule has 0 aromatic rings. The van der Waals surface area contributed by atoms with E-state index in [0.29, 0.717) is 4.90 Å². The zero-order valence-corrected chi connectivity index (χ0v) is 9.49. The third kappa shape index (κ3) is 2.86. The van der Waals surface area contributed by atoms with Gasteiger partial charge in [0.1, 0.15) is 19.0 Å². The number of aliphatic hydroxyl groups is 2. The van der Waals surface area contributed by atoms with Crippen molar-refractivity contribution >= 4 is 24.5 Å². The molecule has 1 fully saturated rings. The van der Waals surface area contributed by atoms with E-state index in [2.05, 4.69) is 0 Å². The van der Waals surface area contributed by atoms with Crippen LogP contribution in [0.15, 0.2) is 0 Å². The van der Waals surface area contributed by atoms with Crippen LogP contribution in [0, 0.1) is 0 Å². The predicted molar refractivity (Wildman–Crippen MR) is 54.5 cm³/mol. The van der Waals surface area contributed by atoms with Crippen LogP contribution in [0.4, 0.5) is 4.79 Å². The smallest absolute Gasteiger partial charge is 0.331 e. The number of nitrogens with zero attached hydrogens (tertiary/aromatic N) is 2. The zero-order valence-electron chi connectivity index (χ0n) is 9.49. The molecule has 1 aliphatic heterocycles. The van der Waals surface area contributed by atoms with Crippen LogP contribution in [-0.4, -0.2) is 63.5 Å². The van der Waals surface area contributed by atoms with Crippen LogP contribution in [0.2, 0.25) is 0 Å².